The second-order valence-electron chi connectivity index (χ2n) is 3.98. The molecule has 0 aliphatic heterocycles. The molecule has 16 heavy (non-hydrogen) atoms. The van der Waals surface area contributed by atoms with Crippen molar-refractivity contribution in [3.8, 4) is 6.07 Å². The molecule has 0 heterocycles. The zero-order chi connectivity index (χ0) is 12.4. The lowest BCUT2D eigenvalue weighted by atomic mass is 10.1. The molecule has 0 aliphatic carbocycles. The van der Waals surface area contributed by atoms with E-state index >= 15 is 0 Å². The van der Waals surface area contributed by atoms with Crippen LogP contribution in [0.25, 0.3) is 0 Å². The average Bonchev–Trinajstić information content (AvgIpc) is 2.27. The van der Waals surface area contributed by atoms with Crippen LogP contribution in [0.4, 0.5) is 0 Å². The average molecular weight is 353 g/mol. The van der Waals surface area contributed by atoms with Crippen molar-refractivity contribution in [1.29, 1.82) is 5.26 Å². The van der Waals surface area contributed by atoms with Crippen molar-refractivity contribution in [3.05, 3.63) is 0 Å². The molecule has 0 aliphatic rings. The standard InChI is InChI=1S/C12H19Br2NO/c1-2-3-4-5-6-7-8-9-11(16)12(13,14)10-15/h2-9H2,1H3. The molecule has 0 aromatic heterocycles. The van der Waals surface area contributed by atoms with E-state index < -0.39 is 3.23 Å². The van der Waals surface area contributed by atoms with E-state index in [0.29, 0.717) is 6.42 Å². The number of carbonyl (C=O) groups excluding carboxylic acids is 1. The first-order valence-corrected chi connectivity index (χ1v) is 7.45. The molecule has 0 spiro atoms. The number of unbranched alkanes of at least 4 members (excludes halogenated alkanes) is 6. The molecule has 0 unspecified atom stereocenters. The number of Topliss-reactive ketones (excluding diaryl/α,β-unsaturated/α-hetero) is 1. The normalized spacial score (nSPS) is 11.1. The first-order chi connectivity index (χ1) is 7.54. The molecule has 0 saturated carbocycles. The highest BCUT2D eigenvalue weighted by atomic mass is 79.9. The molecule has 0 bridgehead atoms. The largest absolute Gasteiger partial charge is 0.296 e. The molecule has 0 fully saturated rings. The van der Waals surface area contributed by atoms with E-state index in [9.17, 15) is 4.79 Å². The predicted octanol–water partition coefficient (Wildman–Crippen LogP) is 4.71. The summed E-state index contributed by atoms with van der Waals surface area (Å²) in [6.07, 6.45) is 8.74. The summed E-state index contributed by atoms with van der Waals surface area (Å²) >= 11 is 6.11. The Morgan fingerprint density at radius 1 is 1.12 bits per heavy atom. The van der Waals surface area contributed by atoms with Crippen molar-refractivity contribution >= 4 is 37.6 Å². The minimum atomic E-state index is -1.16. The van der Waals surface area contributed by atoms with E-state index in [1.165, 1.54) is 32.1 Å². The second kappa shape index (κ2) is 9.18. The van der Waals surface area contributed by atoms with Gasteiger partial charge in [0.05, 0.1) is 0 Å². The zero-order valence-electron chi connectivity index (χ0n) is 9.77. The number of ketones is 1. The summed E-state index contributed by atoms with van der Waals surface area (Å²) in [5.74, 6) is -0.0800. The Balaban J connectivity index is 3.46. The molecule has 4 heteroatoms. The smallest absolute Gasteiger partial charge is 0.223 e. The maximum Gasteiger partial charge on any atom is 0.223 e. The first-order valence-electron chi connectivity index (χ1n) is 5.87. The Kier molecular flexibility index (Phi) is 9.25. The highest BCUT2D eigenvalue weighted by Crippen LogP contribution is 2.28. The third kappa shape index (κ3) is 7.40. The summed E-state index contributed by atoms with van der Waals surface area (Å²) in [6, 6.07) is 1.89. The van der Waals surface area contributed by atoms with Gasteiger partial charge in [-0.1, -0.05) is 45.4 Å². The van der Waals surface area contributed by atoms with Gasteiger partial charge < -0.3 is 0 Å². The fourth-order valence-electron chi connectivity index (χ4n) is 1.46. The van der Waals surface area contributed by atoms with Gasteiger partial charge >= 0.3 is 0 Å². The fourth-order valence-corrected chi connectivity index (χ4v) is 1.86. The topological polar surface area (TPSA) is 40.9 Å². The van der Waals surface area contributed by atoms with Crippen molar-refractivity contribution in [2.75, 3.05) is 0 Å². The maximum absolute atomic E-state index is 11.5. The number of hydrogen-bond donors (Lipinski definition) is 0. The summed E-state index contributed by atoms with van der Waals surface area (Å²) in [5, 5.41) is 8.70. The maximum atomic E-state index is 11.5. The molecule has 0 radical (unpaired) electrons. The molecular formula is C12H19Br2NO. The number of nitriles is 1. The van der Waals surface area contributed by atoms with Crippen LogP contribution in [0.2, 0.25) is 0 Å². The van der Waals surface area contributed by atoms with Crippen molar-refractivity contribution in [3.63, 3.8) is 0 Å². The molecule has 0 aromatic rings. The third-order valence-electron chi connectivity index (χ3n) is 2.50. The molecule has 92 valence electrons. The van der Waals surface area contributed by atoms with E-state index in [1.54, 1.807) is 0 Å². The van der Waals surface area contributed by atoms with Gasteiger partial charge in [-0.05, 0) is 38.3 Å². The van der Waals surface area contributed by atoms with Crippen molar-refractivity contribution in [2.24, 2.45) is 0 Å². The summed E-state index contributed by atoms with van der Waals surface area (Å²) in [7, 11) is 0. The quantitative estimate of drug-likeness (QED) is 0.445. The number of alkyl halides is 2. The van der Waals surface area contributed by atoms with Crippen molar-refractivity contribution in [2.45, 2.75) is 61.5 Å². The SMILES string of the molecule is CCCCCCCCCC(=O)C(Br)(Br)C#N. The Hall–Kier alpha value is 0.120. The van der Waals surface area contributed by atoms with E-state index in [0.717, 1.165) is 12.8 Å². The van der Waals surface area contributed by atoms with Crippen LogP contribution in [0.5, 0.6) is 0 Å². The lowest BCUT2D eigenvalue weighted by molar-refractivity contribution is -0.118. The molecule has 0 saturated heterocycles. The van der Waals surface area contributed by atoms with Crippen LogP contribution in [-0.2, 0) is 4.79 Å². The Morgan fingerprint density at radius 2 is 1.62 bits per heavy atom. The lowest BCUT2D eigenvalue weighted by Gasteiger charge is -2.09. The zero-order valence-corrected chi connectivity index (χ0v) is 12.9. The summed E-state index contributed by atoms with van der Waals surface area (Å²) in [5.41, 5.74) is 0. The lowest BCUT2D eigenvalue weighted by Crippen LogP contribution is -2.22. The van der Waals surface area contributed by atoms with Crippen LogP contribution in [0.15, 0.2) is 0 Å². The number of hydrogen-bond acceptors (Lipinski definition) is 2. The number of halogens is 2. The van der Waals surface area contributed by atoms with Gasteiger partial charge in [0.2, 0.25) is 3.23 Å². The van der Waals surface area contributed by atoms with Gasteiger partial charge in [-0.3, -0.25) is 4.79 Å². The highest BCUT2D eigenvalue weighted by molar-refractivity contribution is 9.26. The molecule has 2 nitrogen and oxygen atoms in total. The van der Waals surface area contributed by atoms with Gasteiger partial charge in [0.1, 0.15) is 6.07 Å². The Labute approximate surface area is 115 Å². The summed E-state index contributed by atoms with van der Waals surface area (Å²) in [6.45, 7) is 2.20. The molecule has 0 amide bonds. The van der Waals surface area contributed by atoms with Gasteiger partial charge in [-0.15, -0.1) is 0 Å². The van der Waals surface area contributed by atoms with Gasteiger partial charge in [0.25, 0.3) is 0 Å². The Bertz CT molecular complexity index is 246. The molecular weight excluding hydrogens is 334 g/mol. The highest BCUT2D eigenvalue weighted by Gasteiger charge is 2.30. The van der Waals surface area contributed by atoms with Crippen LogP contribution < -0.4 is 0 Å². The van der Waals surface area contributed by atoms with Crippen molar-refractivity contribution in [1.82, 2.24) is 0 Å². The molecule has 0 N–H and O–H groups in total. The third-order valence-corrected chi connectivity index (χ3v) is 3.74. The molecule has 0 rings (SSSR count). The van der Waals surface area contributed by atoms with Gasteiger partial charge in [0, 0.05) is 6.42 Å². The van der Waals surface area contributed by atoms with Crippen LogP contribution in [0, 0.1) is 11.3 Å². The van der Waals surface area contributed by atoms with Gasteiger partial charge in [-0.2, -0.15) is 5.26 Å². The predicted molar refractivity (Wildman–Crippen MR) is 73.8 cm³/mol. The van der Waals surface area contributed by atoms with E-state index in [4.69, 9.17) is 5.26 Å². The van der Waals surface area contributed by atoms with Crippen LogP contribution in [-0.4, -0.2) is 9.02 Å². The van der Waals surface area contributed by atoms with Crippen LogP contribution in [0.1, 0.15) is 58.3 Å². The minimum Gasteiger partial charge on any atom is -0.296 e. The van der Waals surface area contributed by atoms with Crippen molar-refractivity contribution < 1.29 is 4.79 Å². The summed E-state index contributed by atoms with van der Waals surface area (Å²) < 4.78 is -1.16. The van der Waals surface area contributed by atoms with E-state index in [1.807, 2.05) is 6.07 Å². The first kappa shape index (κ1) is 16.1. The molecule has 0 atom stereocenters. The van der Waals surface area contributed by atoms with E-state index in [-0.39, 0.29) is 5.78 Å². The number of rotatable bonds is 9. The van der Waals surface area contributed by atoms with Crippen LogP contribution in [0.3, 0.4) is 0 Å². The Morgan fingerprint density at radius 3 is 2.12 bits per heavy atom. The monoisotopic (exact) mass is 351 g/mol. The van der Waals surface area contributed by atoms with Crippen LogP contribution >= 0.6 is 31.9 Å². The van der Waals surface area contributed by atoms with Gasteiger partial charge in [0.15, 0.2) is 5.78 Å². The molecule has 0 aromatic carbocycles. The number of nitrogens with zero attached hydrogens (tertiary/aromatic N) is 1. The number of carbonyl (C=O) groups is 1. The van der Waals surface area contributed by atoms with Gasteiger partial charge in [-0.25, -0.2) is 0 Å². The van der Waals surface area contributed by atoms with E-state index in [2.05, 4.69) is 38.8 Å². The summed E-state index contributed by atoms with van der Waals surface area (Å²) in [4.78, 5) is 11.5. The second-order valence-corrected chi connectivity index (χ2v) is 7.42. The fraction of sp³-hybridized carbons (Fsp3) is 0.833. The minimum absolute atomic E-state index is 0.0800.